The zero-order chi connectivity index (χ0) is 9.78. The Hall–Kier alpha value is -1.22. The zero-order valence-corrected chi connectivity index (χ0v) is 8.35. The molecule has 13 heavy (non-hydrogen) atoms. The van der Waals surface area contributed by atoms with E-state index in [0.29, 0.717) is 0 Å². The van der Waals surface area contributed by atoms with Crippen LogP contribution >= 0.6 is 0 Å². The molecule has 0 aromatic heterocycles. The Morgan fingerprint density at radius 2 is 1.38 bits per heavy atom. The van der Waals surface area contributed by atoms with Crippen LogP contribution in [0.25, 0.3) is 0 Å². The average Bonchev–Trinajstić information content (AvgIpc) is 2.16. The molecule has 0 aliphatic rings. The zero-order valence-electron chi connectivity index (χ0n) is 8.35. The minimum absolute atomic E-state index is 0.132. The Bertz CT molecular complexity index is 193. The molecule has 3 heteroatoms. The van der Waals surface area contributed by atoms with E-state index in [4.69, 9.17) is 9.31 Å². The summed E-state index contributed by atoms with van der Waals surface area (Å²) in [5, 5.41) is 0. The van der Waals surface area contributed by atoms with Gasteiger partial charge in [0.2, 0.25) is 0 Å². The van der Waals surface area contributed by atoms with Gasteiger partial charge in [0.1, 0.15) is 0 Å². The largest absolute Gasteiger partial charge is 0.594 e. The van der Waals surface area contributed by atoms with Crippen molar-refractivity contribution in [2.75, 3.05) is 0 Å². The van der Waals surface area contributed by atoms with Crippen LogP contribution < -0.4 is 0 Å². The number of rotatable bonds is 4. The average molecular weight is 178 g/mol. The summed E-state index contributed by atoms with van der Waals surface area (Å²) in [7, 11) is 0.132. The van der Waals surface area contributed by atoms with E-state index in [1.807, 2.05) is 0 Å². The fourth-order valence-corrected chi connectivity index (χ4v) is 0.543. The van der Waals surface area contributed by atoms with E-state index in [-0.39, 0.29) is 7.69 Å². The van der Waals surface area contributed by atoms with Gasteiger partial charge in [0.15, 0.2) is 0 Å². The van der Waals surface area contributed by atoms with Crippen molar-refractivity contribution in [3.8, 4) is 24.1 Å². The highest BCUT2D eigenvalue weighted by Gasteiger charge is 1.84. The van der Waals surface area contributed by atoms with Gasteiger partial charge in [0, 0.05) is 12.8 Å². The number of unbranched alkanes of at least 4 members (excludes halogenated alkanes) is 2. The first kappa shape index (κ1) is 11.8. The van der Waals surface area contributed by atoms with Crippen LogP contribution in [0, 0.1) is 24.1 Å². The van der Waals surface area contributed by atoms with E-state index in [0.717, 1.165) is 25.7 Å². The Labute approximate surface area is 81.3 Å². The molecule has 0 aliphatic carbocycles. The van der Waals surface area contributed by atoms with Gasteiger partial charge in [-0.3, -0.25) is 0 Å². The molecule has 0 fully saturated rings. The van der Waals surface area contributed by atoms with Crippen LogP contribution in [0.2, 0.25) is 0 Å². The van der Waals surface area contributed by atoms with Gasteiger partial charge in [-0.1, -0.05) is 25.7 Å². The second-order valence-corrected chi connectivity index (χ2v) is 2.46. The van der Waals surface area contributed by atoms with Crippen LogP contribution in [0.1, 0.15) is 39.5 Å². The number of hydrogen-bond donors (Lipinski definition) is 0. The lowest BCUT2D eigenvalue weighted by atomic mass is 10.3. The normalized spacial score (nSPS) is 7.23. The molecule has 0 aromatic rings. The van der Waals surface area contributed by atoms with E-state index >= 15 is 0 Å². The maximum atomic E-state index is 4.83. The van der Waals surface area contributed by atoms with Crippen molar-refractivity contribution >= 4 is 7.69 Å². The van der Waals surface area contributed by atoms with Crippen molar-refractivity contribution in [2.45, 2.75) is 39.5 Å². The van der Waals surface area contributed by atoms with Gasteiger partial charge in [-0.15, -0.1) is 0 Å². The highest BCUT2D eigenvalue weighted by molar-refractivity contribution is 6.19. The molecule has 0 aromatic carbocycles. The first-order chi connectivity index (χ1) is 6.41. The molecular formula is C10H15BO2. The molecule has 0 bridgehead atoms. The van der Waals surface area contributed by atoms with Crippen LogP contribution in [0.3, 0.4) is 0 Å². The van der Waals surface area contributed by atoms with Gasteiger partial charge in [-0.2, -0.15) is 0 Å². The first-order valence-electron chi connectivity index (χ1n) is 4.61. The van der Waals surface area contributed by atoms with Crippen molar-refractivity contribution in [3.63, 3.8) is 0 Å². The lowest BCUT2D eigenvalue weighted by Crippen LogP contribution is -1.94. The molecule has 2 nitrogen and oxygen atoms in total. The number of hydrogen-bond acceptors (Lipinski definition) is 2. The van der Waals surface area contributed by atoms with Crippen molar-refractivity contribution in [3.05, 3.63) is 0 Å². The van der Waals surface area contributed by atoms with E-state index in [1.54, 1.807) is 0 Å². The summed E-state index contributed by atoms with van der Waals surface area (Å²) in [6.45, 7) is 4.14. The molecule has 0 unspecified atom stereocenters. The van der Waals surface area contributed by atoms with Gasteiger partial charge in [0.25, 0.3) is 0 Å². The maximum absolute atomic E-state index is 4.83. The van der Waals surface area contributed by atoms with E-state index in [9.17, 15) is 0 Å². The predicted octanol–water partition coefficient (Wildman–Crippen LogP) is 1.81. The van der Waals surface area contributed by atoms with Crippen LogP contribution in [0.4, 0.5) is 0 Å². The molecule has 0 amide bonds. The molecule has 70 valence electrons. The highest BCUT2D eigenvalue weighted by atomic mass is 16.6. The van der Waals surface area contributed by atoms with Gasteiger partial charge in [-0.05, 0) is 12.8 Å². The van der Waals surface area contributed by atoms with Gasteiger partial charge >= 0.3 is 7.69 Å². The molecule has 0 spiro atoms. The molecule has 0 saturated heterocycles. The SMILES string of the molecule is CCCC#COBOC#CCCC. The summed E-state index contributed by atoms with van der Waals surface area (Å²) >= 11 is 0. The first-order valence-corrected chi connectivity index (χ1v) is 4.61. The van der Waals surface area contributed by atoms with E-state index in [2.05, 4.69) is 37.9 Å². The standard InChI is InChI=1S/C10H15BO2/c1-3-5-7-9-12-11-13-10-8-6-4-2/h11H,3-6H2,1-2H3. The summed E-state index contributed by atoms with van der Waals surface area (Å²) in [5.74, 6) is 5.67. The third-order valence-electron chi connectivity index (χ3n) is 1.16. The van der Waals surface area contributed by atoms with Crippen molar-refractivity contribution in [1.82, 2.24) is 0 Å². The minimum atomic E-state index is 0.132. The molecule has 0 aliphatic heterocycles. The quantitative estimate of drug-likeness (QED) is 0.371. The fourth-order valence-electron chi connectivity index (χ4n) is 0.543. The van der Waals surface area contributed by atoms with Crippen LogP contribution in [-0.2, 0) is 9.31 Å². The molecule has 0 N–H and O–H groups in total. The molecule has 0 radical (unpaired) electrons. The smallest absolute Gasteiger partial charge is 0.479 e. The van der Waals surface area contributed by atoms with Gasteiger partial charge < -0.3 is 9.31 Å². The van der Waals surface area contributed by atoms with Crippen molar-refractivity contribution in [2.24, 2.45) is 0 Å². The summed E-state index contributed by atoms with van der Waals surface area (Å²) in [6, 6.07) is 0. The van der Waals surface area contributed by atoms with Crippen LogP contribution in [0.5, 0.6) is 0 Å². The minimum Gasteiger partial charge on any atom is -0.479 e. The van der Waals surface area contributed by atoms with E-state index in [1.165, 1.54) is 0 Å². The molecule has 0 rings (SSSR count). The summed E-state index contributed by atoms with van der Waals surface area (Å²) in [4.78, 5) is 0. The molecule has 0 atom stereocenters. The summed E-state index contributed by atoms with van der Waals surface area (Å²) in [5.41, 5.74) is 0. The second kappa shape index (κ2) is 10.8. The van der Waals surface area contributed by atoms with Gasteiger partial charge in [-0.25, -0.2) is 0 Å². The fraction of sp³-hybridized carbons (Fsp3) is 0.600. The lowest BCUT2D eigenvalue weighted by molar-refractivity contribution is 0.413. The second-order valence-electron chi connectivity index (χ2n) is 2.46. The molecule has 0 heterocycles. The Kier molecular flexibility index (Phi) is 9.78. The monoisotopic (exact) mass is 178 g/mol. The summed E-state index contributed by atoms with van der Waals surface area (Å²) < 4.78 is 9.66. The molecular weight excluding hydrogens is 163 g/mol. The maximum Gasteiger partial charge on any atom is 0.594 e. The van der Waals surface area contributed by atoms with Crippen molar-refractivity contribution < 1.29 is 9.31 Å². The lowest BCUT2D eigenvalue weighted by Gasteiger charge is -1.89. The van der Waals surface area contributed by atoms with Crippen molar-refractivity contribution in [1.29, 1.82) is 0 Å². The van der Waals surface area contributed by atoms with E-state index < -0.39 is 0 Å². The summed E-state index contributed by atoms with van der Waals surface area (Å²) in [6.07, 6.45) is 8.89. The van der Waals surface area contributed by atoms with Crippen LogP contribution in [-0.4, -0.2) is 7.69 Å². The highest BCUT2D eigenvalue weighted by Crippen LogP contribution is 1.82. The van der Waals surface area contributed by atoms with Crippen LogP contribution in [0.15, 0.2) is 0 Å². The van der Waals surface area contributed by atoms with Gasteiger partial charge in [0.05, 0.1) is 12.2 Å². The predicted molar refractivity (Wildman–Crippen MR) is 54.7 cm³/mol. The third kappa shape index (κ3) is 10.8. The topological polar surface area (TPSA) is 18.5 Å². The Balaban J connectivity index is 3.19. The Morgan fingerprint density at radius 1 is 0.923 bits per heavy atom. The third-order valence-corrected chi connectivity index (χ3v) is 1.16. The Morgan fingerprint density at radius 3 is 1.77 bits per heavy atom. The molecule has 0 saturated carbocycles.